The minimum atomic E-state index is -0.308. The molecule has 0 aromatic heterocycles. The van der Waals surface area contributed by atoms with Crippen LogP contribution in [0.1, 0.15) is 32.1 Å². The Kier molecular flexibility index (Phi) is 3.25. The molecule has 2 aliphatic rings. The molecule has 1 saturated carbocycles. The van der Waals surface area contributed by atoms with Crippen LogP contribution in [0.25, 0.3) is 0 Å². The van der Waals surface area contributed by atoms with Crippen molar-refractivity contribution in [2.75, 3.05) is 7.05 Å². The van der Waals surface area contributed by atoms with Crippen LogP contribution in [0.3, 0.4) is 0 Å². The van der Waals surface area contributed by atoms with Crippen LogP contribution in [-0.4, -0.2) is 41.9 Å². The van der Waals surface area contributed by atoms with E-state index in [9.17, 15) is 9.59 Å². The Labute approximate surface area is 95.3 Å². The Morgan fingerprint density at radius 2 is 1.88 bits per heavy atom. The lowest BCUT2D eigenvalue weighted by atomic mass is 9.91. The SMILES string of the molecule is CN1C(=O)CC(NC2CCC(N)CC2)C1=O. The molecule has 5 heteroatoms. The van der Waals surface area contributed by atoms with Crippen molar-refractivity contribution in [3.63, 3.8) is 0 Å². The Morgan fingerprint density at radius 3 is 2.38 bits per heavy atom. The van der Waals surface area contributed by atoms with Crippen molar-refractivity contribution in [1.82, 2.24) is 10.2 Å². The van der Waals surface area contributed by atoms with Crippen LogP contribution in [0.5, 0.6) is 0 Å². The van der Waals surface area contributed by atoms with Crippen molar-refractivity contribution in [2.24, 2.45) is 5.73 Å². The number of nitrogens with two attached hydrogens (primary N) is 1. The van der Waals surface area contributed by atoms with E-state index in [1.54, 1.807) is 7.05 Å². The second-order valence-electron chi connectivity index (χ2n) is 4.83. The fourth-order valence-electron chi connectivity index (χ4n) is 2.46. The molecule has 2 rings (SSSR count). The monoisotopic (exact) mass is 225 g/mol. The van der Waals surface area contributed by atoms with Crippen LogP contribution in [0.2, 0.25) is 0 Å². The molecule has 90 valence electrons. The number of nitrogens with one attached hydrogen (secondary N) is 1. The van der Waals surface area contributed by atoms with Gasteiger partial charge in [0, 0.05) is 19.1 Å². The highest BCUT2D eigenvalue weighted by Gasteiger charge is 2.37. The first-order valence-electron chi connectivity index (χ1n) is 5.90. The number of carbonyl (C=O) groups is 2. The van der Waals surface area contributed by atoms with Crippen LogP contribution in [0.15, 0.2) is 0 Å². The smallest absolute Gasteiger partial charge is 0.246 e. The quantitative estimate of drug-likeness (QED) is 0.627. The molecule has 1 heterocycles. The maximum absolute atomic E-state index is 11.7. The standard InChI is InChI=1S/C11H19N3O2/c1-14-10(15)6-9(11(14)16)13-8-4-2-7(12)3-5-8/h7-9,13H,2-6,12H2,1H3. The van der Waals surface area contributed by atoms with E-state index in [1.165, 1.54) is 4.90 Å². The number of carbonyl (C=O) groups excluding carboxylic acids is 2. The second kappa shape index (κ2) is 4.51. The molecular formula is C11H19N3O2. The third-order valence-electron chi connectivity index (χ3n) is 3.59. The highest BCUT2D eigenvalue weighted by atomic mass is 16.2. The lowest BCUT2D eigenvalue weighted by molar-refractivity contribution is -0.137. The van der Waals surface area contributed by atoms with Gasteiger partial charge >= 0.3 is 0 Å². The van der Waals surface area contributed by atoms with Crippen molar-refractivity contribution >= 4 is 11.8 Å². The highest BCUT2D eigenvalue weighted by Crippen LogP contribution is 2.19. The molecule has 0 aromatic rings. The molecule has 3 N–H and O–H groups in total. The van der Waals surface area contributed by atoms with E-state index >= 15 is 0 Å². The summed E-state index contributed by atoms with van der Waals surface area (Å²) in [6, 6.07) is 0.339. The van der Waals surface area contributed by atoms with Gasteiger partial charge in [0.05, 0.1) is 12.5 Å². The molecule has 1 atom stereocenters. The fraction of sp³-hybridized carbons (Fsp3) is 0.818. The zero-order valence-corrected chi connectivity index (χ0v) is 9.61. The number of hydrogen-bond acceptors (Lipinski definition) is 4. The fourth-order valence-corrected chi connectivity index (χ4v) is 2.46. The normalized spacial score (nSPS) is 35.9. The van der Waals surface area contributed by atoms with Crippen molar-refractivity contribution in [1.29, 1.82) is 0 Å². The van der Waals surface area contributed by atoms with E-state index in [2.05, 4.69) is 5.32 Å². The molecule has 0 bridgehead atoms. The van der Waals surface area contributed by atoms with Gasteiger partial charge in [-0.2, -0.15) is 0 Å². The van der Waals surface area contributed by atoms with Crippen molar-refractivity contribution in [3.8, 4) is 0 Å². The predicted molar refractivity (Wildman–Crippen MR) is 59.5 cm³/mol. The Balaban J connectivity index is 1.86. The number of rotatable bonds is 2. The number of imide groups is 1. The molecule has 1 aliphatic heterocycles. The molecule has 1 aliphatic carbocycles. The molecule has 1 saturated heterocycles. The number of nitrogens with zero attached hydrogens (tertiary/aromatic N) is 1. The van der Waals surface area contributed by atoms with Gasteiger partial charge in [-0.05, 0) is 25.7 Å². The van der Waals surface area contributed by atoms with E-state index in [4.69, 9.17) is 5.73 Å². The molecule has 0 aromatic carbocycles. The molecule has 0 spiro atoms. The van der Waals surface area contributed by atoms with Crippen molar-refractivity contribution < 1.29 is 9.59 Å². The highest BCUT2D eigenvalue weighted by molar-refractivity contribution is 6.05. The minimum Gasteiger partial charge on any atom is -0.328 e. The molecule has 1 unspecified atom stereocenters. The minimum absolute atomic E-state index is 0.0880. The van der Waals surface area contributed by atoms with Crippen LogP contribution in [-0.2, 0) is 9.59 Å². The lowest BCUT2D eigenvalue weighted by Gasteiger charge is -2.28. The molecular weight excluding hydrogens is 206 g/mol. The van der Waals surface area contributed by atoms with Crippen LogP contribution < -0.4 is 11.1 Å². The van der Waals surface area contributed by atoms with E-state index in [0.717, 1.165) is 25.7 Å². The van der Waals surface area contributed by atoms with Gasteiger partial charge in [0.1, 0.15) is 0 Å². The summed E-state index contributed by atoms with van der Waals surface area (Å²) < 4.78 is 0. The van der Waals surface area contributed by atoms with Gasteiger partial charge in [0.15, 0.2) is 0 Å². The van der Waals surface area contributed by atoms with Gasteiger partial charge in [0.2, 0.25) is 11.8 Å². The van der Waals surface area contributed by atoms with Gasteiger partial charge in [-0.1, -0.05) is 0 Å². The van der Waals surface area contributed by atoms with Gasteiger partial charge < -0.3 is 11.1 Å². The predicted octanol–water partition coefficient (Wildman–Crippen LogP) is -0.397. The topological polar surface area (TPSA) is 75.4 Å². The average molecular weight is 225 g/mol. The largest absolute Gasteiger partial charge is 0.328 e. The third kappa shape index (κ3) is 2.25. The molecule has 2 fully saturated rings. The Bertz CT molecular complexity index is 298. The van der Waals surface area contributed by atoms with Gasteiger partial charge in [-0.25, -0.2) is 0 Å². The van der Waals surface area contributed by atoms with E-state index in [0.29, 0.717) is 18.5 Å². The first kappa shape index (κ1) is 11.5. The average Bonchev–Trinajstić information content (AvgIpc) is 2.50. The maximum Gasteiger partial charge on any atom is 0.246 e. The zero-order chi connectivity index (χ0) is 11.7. The summed E-state index contributed by atoms with van der Waals surface area (Å²) in [6.45, 7) is 0. The van der Waals surface area contributed by atoms with Crippen molar-refractivity contribution in [2.45, 2.75) is 50.2 Å². The summed E-state index contributed by atoms with van der Waals surface area (Å²) in [5.41, 5.74) is 5.82. The summed E-state index contributed by atoms with van der Waals surface area (Å²) in [6.07, 6.45) is 4.31. The van der Waals surface area contributed by atoms with Crippen LogP contribution in [0.4, 0.5) is 0 Å². The van der Waals surface area contributed by atoms with Gasteiger partial charge in [-0.3, -0.25) is 14.5 Å². The van der Waals surface area contributed by atoms with E-state index in [-0.39, 0.29) is 17.9 Å². The maximum atomic E-state index is 11.7. The first-order valence-corrected chi connectivity index (χ1v) is 5.90. The molecule has 16 heavy (non-hydrogen) atoms. The Morgan fingerprint density at radius 1 is 1.25 bits per heavy atom. The summed E-state index contributed by atoms with van der Waals surface area (Å²) in [5, 5.41) is 3.28. The zero-order valence-electron chi connectivity index (χ0n) is 9.61. The van der Waals surface area contributed by atoms with Crippen LogP contribution >= 0.6 is 0 Å². The van der Waals surface area contributed by atoms with E-state index < -0.39 is 0 Å². The van der Waals surface area contributed by atoms with E-state index in [1.807, 2.05) is 0 Å². The number of likely N-dealkylation sites (N-methyl/N-ethyl adjacent to an activating group) is 1. The summed E-state index contributed by atoms with van der Waals surface area (Å²) in [7, 11) is 1.54. The number of likely N-dealkylation sites (tertiary alicyclic amines) is 1. The summed E-state index contributed by atoms with van der Waals surface area (Å²) >= 11 is 0. The Hall–Kier alpha value is -0.940. The summed E-state index contributed by atoms with van der Waals surface area (Å²) in [4.78, 5) is 24.2. The number of hydrogen-bond donors (Lipinski definition) is 2. The summed E-state index contributed by atoms with van der Waals surface area (Å²) in [5.74, 6) is -0.185. The number of amides is 2. The van der Waals surface area contributed by atoms with Gasteiger partial charge in [-0.15, -0.1) is 0 Å². The third-order valence-corrected chi connectivity index (χ3v) is 3.59. The lowest BCUT2D eigenvalue weighted by Crippen LogP contribution is -2.45. The second-order valence-corrected chi connectivity index (χ2v) is 4.83. The van der Waals surface area contributed by atoms with Crippen LogP contribution in [0, 0.1) is 0 Å². The molecule has 2 amide bonds. The first-order chi connectivity index (χ1) is 7.58. The van der Waals surface area contributed by atoms with Crippen molar-refractivity contribution in [3.05, 3.63) is 0 Å². The molecule has 5 nitrogen and oxygen atoms in total. The molecule has 0 radical (unpaired) electrons. The van der Waals surface area contributed by atoms with Gasteiger partial charge in [0.25, 0.3) is 0 Å².